The fourth-order valence-corrected chi connectivity index (χ4v) is 8.13. The number of hydrogen-bond acceptors (Lipinski definition) is 6. The van der Waals surface area contributed by atoms with Crippen LogP contribution in [-0.4, -0.2) is 34.5 Å². The Morgan fingerprint density at radius 3 is 1.05 bits per heavy atom. The van der Waals surface area contributed by atoms with E-state index >= 15 is 0 Å². The van der Waals surface area contributed by atoms with Crippen molar-refractivity contribution >= 4 is 21.8 Å². The van der Waals surface area contributed by atoms with Gasteiger partial charge in [0.25, 0.3) is 0 Å². The van der Waals surface area contributed by atoms with Gasteiger partial charge in [-0.1, -0.05) is 164 Å². The predicted octanol–water partition coefficient (Wildman–Crippen LogP) is 13.1. The molecule has 0 radical (unpaired) electrons. The van der Waals surface area contributed by atoms with Crippen LogP contribution < -0.4 is 0 Å². The van der Waals surface area contributed by atoms with Gasteiger partial charge in [-0.15, -0.1) is 0 Å². The molecule has 0 aliphatic heterocycles. The molecule has 0 saturated carbocycles. The predicted molar refractivity (Wildman–Crippen MR) is 250 cm³/mol. The lowest BCUT2D eigenvalue weighted by Gasteiger charge is -2.12. The highest BCUT2D eigenvalue weighted by molar-refractivity contribution is 6.11. The fraction of sp³-hybridized carbons (Fsp3) is 0.0182. The molecule has 7 heteroatoms. The Morgan fingerprint density at radius 2 is 0.597 bits per heavy atom. The zero-order chi connectivity index (χ0) is 41.4. The van der Waals surface area contributed by atoms with Crippen molar-refractivity contribution in [2.75, 3.05) is 0 Å². The molecule has 0 amide bonds. The van der Waals surface area contributed by atoms with Crippen LogP contribution in [0.25, 0.3) is 107 Å². The van der Waals surface area contributed by atoms with Crippen LogP contribution in [0.2, 0.25) is 0 Å². The largest absolute Gasteiger partial charge is 0.309 e. The number of aryl methyl sites for hydroxylation is 1. The number of nitrogens with zero attached hydrogens (tertiary/aromatic N) is 7. The first-order valence-corrected chi connectivity index (χ1v) is 20.6. The van der Waals surface area contributed by atoms with Crippen molar-refractivity contribution in [1.29, 1.82) is 0 Å². The van der Waals surface area contributed by atoms with Crippen molar-refractivity contribution in [2.24, 2.45) is 0 Å². The second kappa shape index (κ2) is 15.6. The van der Waals surface area contributed by atoms with Gasteiger partial charge in [0.05, 0.1) is 11.0 Å². The summed E-state index contributed by atoms with van der Waals surface area (Å²) < 4.78 is 2.36. The van der Waals surface area contributed by atoms with Crippen LogP contribution in [0.3, 0.4) is 0 Å². The first kappa shape index (κ1) is 36.6. The molecular formula is C55H37N7. The van der Waals surface area contributed by atoms with Gasteiger partial charge in [-0.25, -0.2) is 29.9 Å². The smallest absolute Gasteiger partial charge is 0.164 e. The summed E-state index contributed by atoms with van der Waals surface area (Å²) in [6.07, 6.45) is 0. The van der Waals surface area contributed by atoms with Gasteiger partial charge >= 0.3 is 0 Å². The van der Waals surface area contributed by atoms with Crippen LogP contribution in [0.5, 0.6) is 0 Å². The molecular weight excluding hydrogens is 759 g/mol. The molecule has 0 unspecified atom stereocenters. The van der Waals surface area contributed by atoms with Crippen LogP contribution in [0.4, 0.5) is 0 Å². The lowest BCUT2D eigenvalue weighted by atomic mass is 10.00. The quantitative estimate of drug-likeness (QED) is 0.152. The first-order valence-electron chi connectivity index (χ1n) is 20.6. The van der Waals surface area contributed by atoms with E-state index in [1.165, 1.54) is 5.56 Å². The van der Waals surface area contributed by atoms with Crippen LogP contribution >= 0.6 is 0 Å². The van der Waals surface area contributed by atoms with E-state index in [-0.39, 0.29) is 0 Å². The van der Waals surface area contributed by atoms with Crippen molar-refractivity contribution in [3.05, 3.63) is 212 Å². The van der Waals surface area contributed by atoms with Crippen molar-refractivity contribution in [1.82, 2.24) is 34.5 Å². The van der Waals surface area contributed by atoms with Crippen LogP contribution in [-0.2, 0) is 0 Å². The topological polar surface area (TPSA) is 82.3 Å². The summed E-state index contributed by atoms with van der Waals surface area (Å²) in [5.74, 6) is 3.75. The summed E-state index contributed by atoms with van der Waals surface area (Å²) in [5.41, 5.74) is 12.2. The highest BCUT2D eigenvalue weighted by Gasteiger charge is 2.19. The molecule has 8 aromatic carbocycles. The van der Waals surface area contributed by atoms with Gasteiger partial charge < -0.3 is 4.57 Å². The molecule has 11 aromatic rings. The van der Waals surface area contributed by atoms with E-state index < -0.39 is 0 Å². The minimum absolute atomic E-state index is 0.613. The Balaban J connectivity index is 1.08. The Kier molecular flexibility index (Phi) is 9.24. The Morgan fingerprint density at radius 1 is 0.274 bits per heavy atom. The van der Waals surface area contributed by atoms with Gasteiger partial charge in [-0.2, -0.15) is 0 Å². The lowest BCUT2D eigenvalue weighted by Crippen LogP contribution is -2.00. The third kappa shape index (κ3) is 6.87. The zero-order valence-electron chi connectivity index (χ0n) is 33.8. The SMILES string of the molecule is Cc1ccccc1-n1c2ccc(-c3cccc(-c4nc(-c5ccccc5)nc(-c5ccccc5)n4)c3)cc2c2cc(-c3nc(-c4ccccc4)nc(-c4ccccc4)n3)ccc21. The maximum atomic E-state index is 5.07. The monoisotopic (exact) mass is 795 g/mol. The van der Waals surface area contributed by atoms with Gasteiger partial charge in [-0.3, -0.25) is 0 Å². The number of fused-ring (bicyclic) bond motifs is 3. The molecule has 0 bridgehead atoms. The van der Waals surface area contributed by atoms with Gasteiger partial charge in [-0.05, 0) is 66.1 Å². The van der Waals surface area contributed by atoms with Crippen molar-refractivity contribution < 1.29 is 0 Å². The second-order valence-electron chi connectivity index (χ2n) is 15.2. The lowest BCUT2D eigenvalue weighted by molar-refractivity contribution is 1.07. The molecule has 0 atom stereocenters. The third-order valence-electron chi connectivity index (χ3n) is 11.2. The van der Waals surface area contributed by atoms with Crippen LogP contribution in [0.1, 0.15) is 5.56 Å². The summed E-state index contributed by atoms with van der Waals surface area (Å²) in [7, 11) is 0. The Hall–Kier alpha value is -8.42. The zero-order valence-corrected chi connectivity index (χ0v) is 33.8. The van der Waals surface area contributed by atoms with Crippen molar-refractivity contribution in [3.8, 4) is 85.1 Å². The molecule has 0 aliphatic rings. The van der Waals surface area contributed by atoms with E-state index in [0.717, 1.165) is 72.0 Å². The van der Waals surface area contributed by atoms with E-state index in [2.05, 4.69) is 96.4 Å². The van der Waals surface area contributed by atoms with E-state index in [4.69, 9.17) is 29.9 Å². The number of para-hydroxylation sites is 1. The maximum Gasteiger partial charge on any atom is 0.164 e. The second-order valence-corrected chi connectivity index (χ2v) is 15.2. The molecule has 62 heavy (non-hydrogen) atoms. The molecule has 0 saturated heterocycles. The first-order chi connectivity index (χ1) is 30.6. The van der Waals surface area contributed by atoms with Gasteiger partial charge in [0.15, 0.2) is 34.9 Å². The molecule has 11 rings (SSSR count). The summed E-state index contributed by atoms with van der Waals surface area (Å²) >= 11 is 0. The average Bonchev–Trinajstić information content (AvgIpc) is 3.67. The summed E-state index contributed by atoms with van der Waals surface area (Å²) in [5, 5.41) is 2.21. The summed E-state index contributed by atoms with van der Waals surface area (Å²) in [6, 6.07) is 70.6. The highest BCUT2D eigenvalue weighted by Crippen LogP contribution is 2.38. The molecule has 0 fully saturated rings. The van der Waals surface area contributed by atoms with Crippen molar-refractivity contribution in [3.63, 3.8) is 0 Å². The summed E-state index contributed by atoms with van der Waals surface area (Å²) in [4.78, 5) is 30.0. The number of aromatic nitrogens is 7. The fourth-order valence-electron chi connectivity index (χ4n) is 8.13. The minimum Gasteiger partial charge on any atom is -0.309 e. The van der Waals surface area contributed by atoms with E-state index in [0.29, 0.717) is 34.9 Å². The van der Waals surface area contributed by atoms with Gasteiger partial charge in [0, 0.05) is 49.8 Å². The van der Waals surface area contributed by atoms with E-state index in [1.54, 1.807) is 0 Å². The number of rotatable bonds is 8. The Labute approximate surface area is 358 Å². The third-order valence-corrected chi connectivity index (χ3v) is 11.2. The van der Waals surface area contributed by atoms with Gasteiger partial charge in [0.2, 0.25) is 0 Å². The normalized spacial score (nSPS) is 11.3. The molecule has 0 spiro atoms. The van der Waals surface area contributed by atoms with Crippen molar-refractivity contribution in [2.45, 2.75) is 6.92 Å². The molecule has 292 valence electrons. The molecule has 0 aliphatic carbocycles. The maximum absolute atomic E-state index is 5.07. The average molecular weight is 796 g/mol. The minimum atomic E-state index is 0.613. The molecule has 7 nitrogen and oxygen atoms in total. The molecule has 0 N–H and O–H groups in total. The van der Waals surface area contributed by atoms with E-state index in [9.17, 15) is 0 Å². The van der Waals surface area contributed by atoms with Gasteiger partial charge in [0.1, 0.15) is 0 Å². The van der Waals surface area contributed by atoms with Crippen LogP contribution in [0.15, 0.2) is 206 Å². The number of benzene rings is 8. The highest BCUT2D eigenvalue weighted by atomic mass is 15.0. The standard InChI is InChI=1S/C55H37N7/c1-36-17-14-15-28-47(36)62-48-31-29-42(41-26-16-27-43(33-41)54-58-50(37-18-6-2-7-19-37)56-51(59-54)38-20-8-3-9-21-38)34-45(48)46-35-44(30-32-49(46)62)55-60-52(39-22-10-4-11-23-39)57-53(61-55)40-24-12-5-13-25-40/h2-35H,1H3. The van der Waals surface area contributed by atoms with E-state index in [1.807, 2.05) is 121 Å². The number of hydrogen-bond donors (Lipinski definition) is 0. The Bertz CT molecular complexity index is 3290. The molecule has 3 aromatic heterocycles. The van der Waals surface area contributed by atoms with Crippen LogP contribution in [0, 0.1) is 6.92 Å². The summed E-state index contributed by atoms with van der Waals surface area (Å²) in [6.45, 7) is 2.16. The molecule has 3 heterocycles.